The molecule has 0 fully saturated rings. The normalized spacial score (nSPS) is 11.2. The van der Waals surface area contributed by atoms with Crippen molar-refractivity contribution in [1.82, 2.24) is 5.43 Å². The van der Waals surface area contributed by atoms with E-state index in [0.717, 1.165) is 26.4 Å². The van der Waals surface area contributed by atoms with Crippen LogP contribution in [0.4, 0.5) is 0 Å². The van der Waals surface area contributed by atoms with Gasteiger partial charge in [0.05, 0.1) is 12.6 Å². The lowest BCUT2D eigenvalue weighted by Crippen LogP contribution is -2.19. The lowest BCUT2D eigenvalue weighted by molar-refractivity contribution is -0.120. The summed E-state index contributed by atoms with van der Waals surface area (Å²) in [5, 5.41) is 6.79. The summed E-state index contributed by atoms with van der Waals surface area (Å²) < 4.78 is 6.74. The Morgan fingerprint density at radius 2 is 1.76 bits per heavy atom. The Balaban J connectivity index is 1.41. The average molecular weight is 468 g/mol. The van der Waals surface area contributed by atoms with Crippen LogP contribution in [0.2, 0.25) is 5.02 Å². The molecule has 1 aromatic heterocycles. The van der Waals surface area contributed by atoms with Crippen molar-refractivity contribution in [3.8, 4) is 11.3 Å². The Kier molecular flexibility index (Phi) is 5.79. The molecule has 144 valence electrons. The number of amides is 1. The summed E-state index contributed by atoms with van der Waals surface area (Å²) in [6.07, 6.45) is 1.72. The molecular formula is C23H16BrClN2O2. The van der Waals surface area contributed by atoms with Crippen LogP contribution in [0.25, 0.3) is 22.1 Å². The second kappa shape index (κ2) is 8.64. The maximum atomic E-state index is 12.3. The van der Waals surface area contributed by atoms with Crippen molar-refractivity contribution < 1.29 is 9.21 Å². The number of rotatable bonds is 5. The van der Waals surface area contributed by atoms with E-state index in [9.17, 15) is 4.79 Å². The molecule has 0 aliphatic rings. The number of hydrogen-bond acceptors (Lipinski definition) is 3. The van der Waals surface area contributed by atoms with Crippen molar-refractivity contribution in [3.63, 3.8) is 0 Å². The van der Waals surface area contributed by atoms with Gasteiger partial charge in [-0.1, -0.05) is 57.9 Å². The minimum atomic E-state index is -0.196. The molecule has 29 heavy (non-hydrogen) atoms. The topological polar surface area (TPSA) is 54.6 Å². The molecule has 0 unspecified atom stereocenters. The highest BCUT2D eigenvalue weighted by atomic mass is 79.9. The number of hydrazone groups is 1. The van der Waals surface area contributed by atoms with Crippen LogP contribution in [-0.2, 0) is 11.2 Å². The zero-order chi connectivity index (χ0) is 20.2. The molecule has 1 amide bonds. The van der Waals surface area contributed by atoms with Crippen LogP contribution in [-0.4, -0.2) is 12.1 Å². The number of nitrogens with one attached hydrogen (secondary N) is 1. The van der Waals surface area contributed by atoms with Crippen LogP contribution in [0.1, 0.15) is 11.3 Å². The van der Waals surface area contributed by atoms with Gasteiger partial charge in [-0.25, -0.2) is 5.43 Å². The molecule has 0 saturated carbocycles. The number of fused-ring (bicyclic) bond motifs is 1. The number of hydrogen-bond donors (Lipinski definition) is 1. The zero-order valence-electron chi connectivity index (χ0n) is 15.2. The molecule has 3 aromatic carbocycles. The second-order valence-corrected chi connectivity index (χ2v) is 7.72. The van der Waals surface area contributed by atoms with Crippen LogP contribution < -0.4 is 5.43 Å². The molecule has 4 aromatic rings. The Morgan fingerprint density at radius 1 is 1.00 bits per heavy atom. The zero-order valence-corrected chi connectivity index (χ0v) is 17.6. The Labute approximate surface area is 181 Å². The summed E-state index contributed by atoms with van der Waals surface area (Å²) in [5.74, 6) is 1.05. The van der Waals surface area contributed by atoms with Crippen molar-refractivity contribution in [1.29, 1.82) is 0 Å². The van der Waals surface area contributed by atoms with E-state index in [1.165, 1.54) is 6.21 Å². The molecular weight excluding hydrogens is 452 g/mol. The van der Waals surface area contributed by atoms with Crippen LogP contribution in [0, 0.1) is 0 Å². The van der Waals surface area contributed by atoms with E-state index in [0.29, 0.717) is 16.5 Å². The number of benzene rings is 3. The minimum Gasteiger partial charge on any atom is -0.455 e. The Hall–Kier alpha value is -2.89. The molecule has 6 heteroatoms. The van der Waals surface area contributed by atoms with E-state index in [1.807, 2.05) is 54.6 Å². The van der Waals surface area contributed by atoms with Crippen molar-refractivity contribution in [3.05, 3.63) is 93.6 Å². The van der Waals surface area contributed by atoms with Gasteiger partial charge >= 0.3 is 0 Å². The smallest absolute Gasteiger partial charge is 0.244 e. The van der Waals surface area contributed by atoms with Gasteiger partial charge in [-0.2, -0.15) is 5.10 Å². The summed E-state index contributed by atoms with van der Waals surface area (Å²) in [6, 6.07) is 22.9. The molecule has 4 rings (SSSR count). The Bertz CT molecular complexity index is 1200. The van der Waals surface area contributed by atoms with Gasteiger partial charge in [-0.3, -0.25) is 4.79 Å². The van der Waals surface area contributed by atoms with E-state index in [4.69, 9.17) is 16.0 Å². The van der Waals surface area contributed by atoms with Crippen LogP contribution in [0.15, 0.2) is 86.8 Å². The Morgan fingerprint density at radius 3 is 2.55 bits per heavy atom. The molecule has 4 nitrogen and oxygen atoms in total. The molecule has 1 heterocycles. The van der Waals surface area contributed by atoms with Crippen molar-refractivity contribution in [2.24, 2.45) is 5.10 Å². The summed E-state index contributed by atoms with van der Waals surface area (Å²) in [7, 11) is 0. The van der Waals surface area contributed by atoms with Gasteiger partial charge < -0.3 is 4.42 Å². The first kappa shape index (κ1) is 19.4. The second-order valence-electron chi connectivity index (χ2n) is 6.43. The van der Waals surface area contributed by atoms with E-state index in [-0.39, 0.29) is 12.3 Å². The number of halogens is 2. The molecule has 0 saturated heterocycles. The van der Waals surface area contributed by atoms with Gasteiger partial charge in [0.25, 0.3) is 0 Å². The number of furan rings is 1. The first-order valence-corrected chi connectivity index (χ1v) is 10.1. The lowest BCUT2D eigenvalue weighted by atomic mass is 10.0. The molecule has 0 spiro atoms. The standard InChI is InChI=1S/C23H16BrClN2O2/c24-21-11-7-16(19-3-1-2-4-20(19)21)13-23(28)27-26-14-18-10-12-22(29-18)15-5-8-17(25)9-6-15/h1-12,14H,13H2,(H,27,28). The van der Waals surface area contributed by atoms with E-state index >= 15 is 0 Å². The van der Waals surface area contributed by atoms with Crippen molar-refractivity contribution in [2.75, 3.05) is 0 Å². The average Bonchev–Trinajstić information content (AvgIpc) is 3.20. The molecule has 1 N–H and O–H groups in total. The maximum Gasteiger partial charge on any atom is 0.244 e. The third-order valence-electron chi connectivity index (χ3n) is 4.45. The third kappa shape index (κ3) is 4.58. The maximum absolute atomic E-state index is 12.3. The summed E-state index contributed by atoms with van der Waals surface area (Å²) in [6.45, 7) is 0. The van der Waals surface area contributed by atoms with Gasteiger partial charge in [0.2, 0.25) is 5.91 Å². The van der Waals surface area contributed by atoms with Crippen molar-refractivity contribution in [2.45, 2.75) is 6.42 Å². The highest BCUT2D eigenvalue weighted by Gasteiger charge is 2.08. The van der Waals surface area contributed by atoms with Gasteiger partial charge in [-0.15, -0.1) is 0 Å². The molecule has 0 radical (unpaired) electrons. The summed E-state index contributed by atoms with van der Waals surface area (Å²) >= 11 is 9.45. The van der Waals surface area contributed by atoms with Crippen LogP contribution in [0.5, 0.6) is 0 Å². The fourth-order valence-corrected chi connectivity index (χ4v) is 3.65. The van der Waals surface area contributed by atoms with Gasteiger partial charge in [0, 0.05) is 15.1 Å². The molecule has 0 atom stereocenters. The SMILES string of the molecule is O=C(Cc1ccc(Br)c2ccccc12)NN=Cc1ccc(-c2ccc(Cl)cc2)o1. The summed E-state index contributed by atoms with van der Waals surface area (Å²) in [5.41, 5.74) is 4.42. The minimum absolute atomic E-state index is 0.196. The first-order valence-electron chi connectivity index (χ1n) is 8.94. The fraction of sp³-hybridized carbons (Fsp3) is 0.0435. The summed E-state index contributed by atoms with van der Waals surface area (Å²) in [4.78, 5) is 12.3. The fourth-order valence-electron chi connectivity index (χ4n) is 3.05. The molecule has 0 aliphatic carbocycles. The molecule has 0 aliphatic heterocycles. The highest BCUT2D eigenvalue weighted by molar-refractivity contribution is 9.10. The van der Waals surface area contributed by atoms with Crippen molar-refractivity contribution >= 4 is 50.4 Å². The van der Waals surface area contributed by atoms with E-state index < -0.39 is 0 Å². The number of carbonyl (C=O) groups excluding carboxylic acids is 1. The molecule has 0 bridgehead atoms. The van der Waals surface area contributed by atoms with Gasteiger partial charge in [-0.05, 0) is 58.8 Å². The first-order chi connectivity index (χ1) is 14.1. The lowest BCUT2D eigenvalue weighted by Gasteiger charge is -2.07. The van der Waals surface area contributed by atoms with Crippen LogP contribution >= 0.6 is 27.5 Å². The van der Waals surface area contributed by atoms with E-state index in [2.05, 4.69) is 26.5 Å². The van der Waals surface area contributed by atoms with Crippen LogP contribution in [0.3, 0.4) is 0 Å². The largest absolute Gasteiger partial charge is 0.455 e. The van der Waals surface area contributed by atoms with Gasteiger partial charge in [0.15, 0.2) is 0 Å². The third-order valence-corrected chi connectivity index (χ3v) is 5.39. The number of nitrogens with zero attached hydrogens (tertiary/aromatic N) is 1. The quantitative estimate of drug-likeness (QED) is 0.280. The highest BCUT2D eigenvalue weighted by Crippen LogP contribution is 2.27. The predicted molar refractivity (Wildman–Crippen MR) is 120 cm³/mol. The predicted octanol–water partition coefficient (Wildman–Crippen LogP) is 6.21. The van der Waals surface area contributed by atoms with E-state index in [1.54, 1.807) is 18.2 Å². The monoisotopic (exact) mass is 466 g/mol. The van der Waals surface area contributed by atoms with Gasteiger partial charge in [0.1, 0.15) is 11.5 Å². The number of carbonyl (C=O) groups is 1.